The summed E-state index contributed by atoms with van der Waals surface area (Å²) in [6.07, 6.45) is 2.56. The Morgan fingerprint density at radius 2 is 2.05 bits per heavy atom. The molecule has 0 aromatic rings. The first kappa shape index (κ1) is 16.0. The number of carboxylic acids is 1. The molecule has 0 bridgehead atoms. The van der Waals surface area contributed by atoms with E-state index in [1.165, 1.54) is 0 Å². The summed E-state index contributed by atoms with van der Waals surface area (Å²) in [5.74, 6) is -0.545. The van der Waals surface area contributed by atoms with Gasteiger partial charge in [0.1, 0.15) is 0 Å². The van der Waals surface area contributed by atoms with E-state index in [4.69, 9.17) is 5.73 Å². The maximum atomic E-state index is 12.3. The van der Waals surface area contributed by atoms with Gasteiger partial charge in [-0.2, -0.15) is 0 Å². The number of nitrogens with zero attached hydrogens (tertiary/aromatic N) is 1. The summed E-state index contributed by atoms with van der Waals surface area (Å²) in [5.41, 5.74) is 5.13. The average molecular weight is 270 g/mol. The molecule has 2 atom stereocenters. The van der Waals surface area contributed by atoms with Crippen LogP contribution in [0.25, 0.3) is 0 Å². The van der Waals surface area contributed by atoms with E-state index >= 15 is 0 Å². The molecule has 0 radical (unpaired) electrons. The smallest absolute Gasteiger partial charge is 0.311 e. The molecule has 1 unspecified atom stereocenters. The minimum absolute atomic E-state index is 0.104. The monoisotopic (exact) mass is 270 g/mol. The van der Waals surface area contributed by atoms with Crippen LogP contribution in [0.15, 0.2) is 0 Å². The molecule has 1 aliphatic rings. The van der Waals surface area contributed by atoms with E-state index in [2.05, 4.69) is 0 Å². The van der Waals surface area contributed by atoms with E-state index in [1.54, 1.807) is 4.90 Å². The second kappa shape index (κ2) is 6.37. The van der Waals surface area contributed by atoms with Gasteiger partial charge in [0.2, 0.25) is 5.91 Å². The normalized spacial score (nSPS) is 25.4. The molecule has 5 nitrogen and oxygen atoms in total. The van der Waals surface area contributed by atoms with Gasteiger partial charge >= 0.3 is 5.97 Å². The fraction of sp³-hybridized carbons (Fsp3) is 0.857. The molecule has 110 valence electrons. The number of hydrogen-bond donors (Lipinski definition) is 2. The van der Waals surface area contributed by atoms with Crippen LogP contribution in [0.3, 0.4) is 0 Å². The number of nitrogens with two attached hydrogens (primary N) is 1. The Morgan fingerprint density at radius 3 is 2.53 bits per heavy atom. The highest BCUT2D eigenvalue weighted by molar-refractivity contribution is 5.83. The van der Waals surface area contributed by atoms with Gasteiger partial charge < -0.3 is 15.7 Å². The van der Waals surface area contributed by atoms with E-state index in [1.807, 2.05) is 20.8 Å². The number of piperidine rings is 1. The lowest BCUT2D eigenvalue weighted by atomic mass is 9.77. The highest BCUT2D eigenvalue weighted by atomic mass is 16.4. The SMILES string of the molecule is CCC1(C(=O)O)CCCN(C(=O)[C@@H](N)CC(C)C)C1. The van der Waals surface area contributed by atoms with Gasteiger partial charge in [-0.05, 0) is 31.6 Å². The molecule has 1 amide bonds. The van der Waals surface area contributed by atoms with Crippen LogP contribution in [-0.2, 0) is 9.59 Å². The lowest BCUT2D eigenvalue weighted by Crippen LogP contribution is -2.53. The Balaban J connectivity index is 2.74. The third-order valence-electron chi connectivity index (χ3n) is 4.06. The summed E-state index contributed by atoms with van der Waals surface area (Å²) in [7, 11) is 0. The Bertz CT molecular complexity index is 344. The molecule has 0 aromatic carbocycles. The molecule has 1 rings (SSSR count). The average Bonchev–Trinajstić information content (AvgIpc) is 2.36. The van der Waals surface area contributed by atoms with Gasteiger partial charge in [-0.25, -0.2) is 0 Å². The van der Waals surface area contributed by atoms with Crippen LogP contribution in [0.4, 0.5) is 0 Å². The summed E-state index contributed by atoms with van der Waals surface area (Å²) < 4.78 is 0. The van der Waals surface area contributed by atoms with Crippen molar-refractivity contribution < 1.29 is 14.7 Å². The van der Waals surface area contributed by atoms with Crippen molar-refractivity contribution >= 4 is 11.9 Å². The van der Waals surface area contributed by atoms with Gasteiger partial charge in [0.25, 0.3) is 0 Å². The van der Waals surface area contributed by atoms with Gasteiger partial charge in [0, 0.05) is 13.1 Å². The summed E-state index contributed by atoms with van der Waals surface area (Å²) in [6.45, 7) is 6.84. The Kier molecular flexibility index (Phi) is 5.35. The first-order chi connectivity index (χ1) is 8.82. The zero-order valence-corrected chi connectivity index (χ0v) is 12.2. The first-order valence-corrected chi connectivity index (χ1v) is 7.10. The molecular weight excluding hydrogens is 244 g/mol. The molecule has 1 aliphatic heterocycles. The number of rotatable bonds is 5. The highest BCUT2D eigenvalue weighted by Gasteiger charge is 2.42. The highest BCUT2D eigenvalue weighted by Crippen LogP contribution is 2.34. The molecule has 0 spiro atoms. The summed E-state index contributed by atoms with van der Waals surface area (Å²) in [6, 6.07) is -0.513. The van der Waals surface area contributed by atoms with Crippen LogP contribution in [0.2, 0.25) is 0 Å². The van der Waals surface area contributed by atoms with Crippen LogP contribution in [-0.4, -0.2) is 41.0 Å². The molecule has 0 saturated carbocycles. The maximum absolute atomic E-state index is 12.3. The minimum Gasteiger partial charge on any atom is -0.481 e. The molecule has 1 saturated heterocycles. The molecule has 1 fully saturated rings. The van der Waals surface area contributed by atoms with Crippen LogP contribution < -0.4 is 5.73 Å². The van der Waals surface area contributed by atoms with Crippen molar-refractivity contribution in [2.75, 3.05) is 13.1 Å². The quantitative estimate of drug-likeness (QED) is 0.792. The number of carboxylic acid groups (broad SMARTS) is 1. The molecule has 0 aliphatic carbocycles. The second-order valence-electron chi connectivity index (χ2n) is 6.04. The van der Waals surface area contributed by atoms with Crippen LogP contribution in [0.1, 0.15) is 46.5 Å². The second-order valence-corrected chi connectivity index (χ2v) is 6.04. The lowest BCUT2D eigenvalue weighted by Gasteiger charge is -2.40. The standard InChI is InChI=1S/C14H26N2O3/c1-4-14(13(18)19)6-5-7-16(9-14)12(17)11(15)8-10(2)3/h10-11H,4-9,15H2,1-3H3,(H,18,19)/t11-,14?/m0/s1. The van der Waals surface area contributed by atoms with Crippen LogP contribution in [0.5, 0.6) is 0 Å². The third-order valence-corrected chi connectivity index (χ3v) is 4.06. The summed E-state index contributed by atoms with van der Waals surface area (Å²) in [5, 5.41) is 9.40. The predicted molar refractivity (Wildman–Crippen MR) is 73.6 cm³/mol. The van der Waals surface area contributed by atoms with E-state index < -0.39 is 17.4 Å². The van der Waals surface area contributed by atoms with E-state index in [9.17, 15) is 14.7 Å². The van der Waals surface area contributed by atoms with Gasteiger partial charge in [-0.3, -0.25) is 9.59 Å². The van der Waals surface area contributed by atoms with Crippen molar-refractivity contribution in [1.29, 1.82) is 0 Å². The largest absolute Gasteiger partial charge is 0.481 e. The fourth-order valence-corrected chi connectivity index (χ4v) is 2.78. The summed E-state index contributed by atoms with van der Waals surface area (Å²) in [4.78, 5) is 25.4. The predicted octanol–water partition coefficient (Wildman–Crippen LogP) is 1.46. The molecule has 1 heterocycles. The Morgan fingerprint density at radius 1 is 1.42 bits per heavy atom. The Labute approximate surface area is 115 Å². The number of hydrogen-bond acceptors (Lipinski definition) is 3. The van der Waals surface area contributed by atoms with Crippen molar-refractivity contribution in [1.82, 2.24) is 4.90 Å². The number of carbonyl (C=O) groups excluding carboxylic acids is 1. The van der Waals surface area contributed by atoms with Gasteiger partial charge in [0.05, 0.1) is 11.5 Å². The molecule has 5 heteroatoms. The van der Waals surface area contributed by atoms with E-state index in [-0.39, 0.29) is 5.91 Å². The van der Waals surface area contributed by atoms with Gasteiger partial charge in [-0.15, -0.1) is 0 Å². The van der Waals surface area contributed by atoms with E-state index in [0.717, 1.165) is 6.42 Å². The number of likely N-dealkylation sites (tertiary alicyclic amines) is 1. The third kappa shape index (κ3) is 3.69. The van der Waals surface area contributed by atoms with Crippen LogP contribution >= 0.6 is 0 Å². The van der Waals surface area contributed by atoms with Gasteiger partial charge in [-0.1, -0.05) is 20.8 Å². The molecular formula is C14H26N2O3. The van der Waals surface area contributed by atoms with Crippen molar-refractivity contribution in [3.63, 3.8) is 0 Å². The Hall–Kier alpha value is -1.10. The number of aliphatic carboxylic acids is 1. The van der Waals surface area contributed by atoms with Crippen molar-refractivity contribution in [2.24, 2.45) is 17.1 Å². The molecule has 3 N–H and O–H groups in total. The van der Waals surface area contributed by atoms with Crippen molar-refractivity contribution in [2.45, 2.75) is 52.5 Å². The lowest BCUT2D eigenvalue weighted by molar-refractivity contribution is -0.155. The maximum Gasteiger partial charge on any atom is 0.311 e. The topological polar surface area (TPSA) is 83.6 Å². The van der Waals surface area contributed by atoms with Crippen molar-refractivity contribution in [3.05, 3.63) is 0 Å². The zero-order valence-electron chi connectivity index (χ0n) is 12.2. The van der Waals surface area contributed by atoms with Crippen LogP contribution in [0, 0.1) is 11.3 Å². The minimum atomic E-state index is -0.801. The van der Waals surface area contributed by atoms with Crippen molar-refractivity contribution in [3.8, 4) is 0 Å². The summed E-state index contributed by atoms with van der Waals surface area (Å²) >= 11 is 0. The number of carbonyl (C=O) groups is 2. The fourth-order valence-electron chi connectivity index (χ4n) is 2.78. The van der Waals surface area contributed by atoms with E-state index in [0.29, 0.717) is 38.3 Å². The number of amides is 1. The molecule has 19 heavy (non-hydrogen) atoms. The first-order valence-electron chi connectivity index (χ1n) is 7.10. The zero-order chi connectivity index (χ0) is 14.6. The van der Waals surface area contributed by atoms with Gasteiger partial charge in [0.15, 0.2) is 0 Å². The molecule has 0 aromatic heterocycles.